The van der Waals surface area contributed by atoms with E-state index in [2.05, 4.69) is 47.6 Å². The molecule has 1 aliphatic rings. The molecule has 1 unspecified atom stereocenters. The van der Waals surface area contributed by atoms with Crippen LogP contribution >= 0.6 is 36.6 Å². The topological polar surface area (TPSA) is 44.4 Å². The first-order valence-corrected chi connectivity index (χ1v) is 8.78. The van der Waals surface area contributed by atoms with Crippen molar-refractivity contribution in [2.45, 2.75) is 33.0 Å². The van der Waals surface area contributed by atoms with E-state index in [1.165, 1.54) is 11.1 Å². The Labute approximate surface area is 156 Å². The van der Waals surface area contributed by atoms with E-state index in [4.69, 9.17) is 0 Å². The minimum Gasteiger partial charge on any atom is -0.351 e. The zero-order valence-electron chi connectivity index (χ0n) is 13.7. The molecule has 0 saturated carbocycles. The van der Waals surface area contributed by atoms with Crippen molar-refractivity contribution in [2.24, 2.45) is 0 Å². The van der Waals surface area contributed by atoms with Crippen LogP contribution in [0.1, 0.15) is 25.0 Å². The Morgan fingerprint density at radius 1 is 1.26 bits per heavy atom. The van der Waals surface area contributed by atoms with Gasteiger partial charge in [0.2, 0.25) is 5.91 Å². The highest BCUT2D eigenvalue weighted by Crippen LogP contribution is 2.13. The van der Waals surface area contributed by atoms with Crippen LogP contribution in [0.3, 0.4) is 0 Å². The fraction of sp³-hybridized carbons (Fsp3) is 0.562. The van der Waals surface area contributed by atoms with Gasteiger partial charge in [-0.2, -0.15) is 0 Å². The molecule has 1 fully saturated rings. The molecule has 1 aromatic carbocycles. The lowest BCUT2D eigenvalue weighted by atomic mass is 10.1. The predicted molar refractivity (Wildman–Crippen MR) is 104 cm³/mol. The van der Waals surface area contributed by atoms with Crippen molar-refractivity contribution in [1.82, 2.24) is 15.5 Å². The van der Waals surface area contributed by atoms with Gasteiger partial charge in [-0.15, -0.1) is 36.6 Å². The third-order valence-corrected chi connectivity index (χ3v) is 4.83. The lowest BCUT2D eigenvalue weighted by molar-refractivity contribution is -0.122. The van der Waals surface area contributed by atoms with E-state index in [-0.39, 0.29) is 36.8 Å². The minimum absolute atomic E-state index is 0. The van der Waals surface area contributed by atoms with Crippen LogP contribution in [0, 0.1) is 0 Å². The number of carbonyl (C=O) groups is 1. The lowest BCUT2D eigenvalue weighted by Crippen LogP contribution is -2.41. The first-order chi connectivity index (χ1) is 10.2. The van der Waals surface area contributed by atoms with Crippen molar-refractivity contribution in [3.8, 4) is 0 Å². The third kappa shape index (κ3) is 6.89. The molecule has 1 aliphatic heterocycles. The monoisotopic (exact) mass is 379 g/mol. The Morgan fingerprint density at radius 3 is 2.48 bits per heavy atom. The van der Waals surface area contributed by atoms with Crippen molar-refractivity contribution < 1.29 is 4.79 Å². The summed E-state index contributed by atoms with van der Waals surface area (Å²) < 4.78 is 0. The van der Waals surface area contributed by atoms with Gasteiger partial charge in [-0.3, -0.25) is 15.0 Å². The number of carbonyl (C=O) groups excluding carboxylic acids is 1. The largest absolute Gasteiger partial charge is 0.351 e. The van der Waals surface area contributed by atoms with E-state index in [0.29, 0.717) is 6.54 Å². The van der Waals surface area contributed by atoms with Gasteiger partial charge >= 0.3 is 0 Å². The van der Waals surface area contributed by atoms with Crippen molar-refractivity contribution >= 4 is 42.5 Å². The van der Waals surface area contributed by atoms with Crippen molar-refractivity contribution in [3.05, 3.63) is 35.4 Å². The molecule has 0 aromatic heterocycles. The van der Waals surface area contributed by atoms with Gasteiger partial charge in [0.15, 0.2) is 0 Å². The maximum absolute atomic E-state index is 12.1. The van der Waals surface area contributed by atoms with Gasteiger partial charge in [-0.1, -0.05) is 38.1 Å². The average Bonchev–Trinajstić information content (AvgIpc) is 3.05. The number of hydrogen-bond donors (Lipinski definition) is 2. The maximum atomic E-state index is 12.1. The molecule has 1 heterocycles. The standard InChI is InChI=1S/C16H25N3OS.2ClH/c1-3-19(4-2)10-14-8-6-5-7-13(14)9-17-16(20)15-11-21-12-18-15;;/h5-8,15,18H,3-4,9-12H2,1-2H3,(H,17,20);2*1H. The number of thioether (sulfide) groups is 1. The molecular formula is C16H27Cl2N3OS. The van der Waals surface area contributed by atoms with Crippen molar-refractivity contribution in [2.75, 3.05) is 24.7 Å². The van der Waals surface area contributed by atoms with Gasteiger partial charge in [0.25, 0.3) is 0 Å². The van der Waals surface area contributed by atoms with Crippen LogP contribution in [0.5, 0.6) is 0 Å². The molecule has 0 radical (unpaired) electrons. The first-order valence-electron chi connectivity index (χ1n) is 7.62. The summed E-state index contributed by atoms with van der Waals surface area (Å²) in [5.74, 6) is 1.85. The molecule has 0 bridgehead atoms. The van der Waals surface area contributed by atoms with Gasteiger partial charge in [-0.25, -0.2) is 0 Å². The fourth-order valence-corrected chi connectivity index (χ4v) is 3.38. The summed E-state index contributed by atoms with van der Waals surface area (Å²) in [5.41, 5.74) is 2.51. The zero-order valence-corrected chi connectivity index (χ0v) is 16.2. The summed E-state index contributed by atoms with van der Waals surface area (Å²) in [6, 6.07) is 8.33. The highest BCUT2D eigenvalue weighted by Gasteiger charge is 2.22. The van der Waals surface area contributed by atoms with E-state index in [1.807, 2.05) is 6.07 Å². The van der Waals surface area contributed by atoms with Gasteiger partial charge in [0, 0.05) is 24.7 Å². The number of halogens is 2. The second-order valence-electron chi connectivity index (χ2n) is 5.22. The molecule has 7 heteroatoms. The smallest absolute Gasteiger partial charge is 0.238 e. The summed E-state index contributed by atoms with van der Waals surface area (Å²) in [5, 5.41) is 6.26. The summed E-state index contributed by atoms with van der Waals surface area (Å²) >= 11 is 1.77. The van der Waals surface area contributed by atoms with Crippen LogP contribution in [-0.4, -0.2) is 41.6 Å². The Bertz CT molecular complexity index is 466. The van der Waals surface area contributed by atoms with Gasteiger partial charge in [-0.05, 0) is 24.2 Å². The van der Waals surface area contributed by atoms with Gasteiger partial charge in [0.05, 0.1) is 6.04 Å². The molecule has 1 aromatic rings. The average molecular weight is 380 g/mol. The molecule has 1 atom stereocenters. The molecule has 0 aliphatic carbocycles. The van der Waals surface area contributed by atoms with E-state index in [1.54, 1.807) is 11.8 Å². The number of nitrogens with one attached hydrogen (secondary N) is 2. The number of nitrogens with zero attached hydrogens (tertiary/aromatic N) is 1. The number of rotatable bonds is 7. The number of benzene rings is 1. The Kier molecular flexibility index (Phi) is 11.7. The number of amides is 1. The van der Waals surface area contributed by atoms with E-state index in [0.717, 1.165) is 31.3 Å². The fourth-order valence-electron chi connectivity index (χ4n) is 2.44. The lowest BCUT2D eigenvalue weighted by Gasteiger charge is -2.20. The molecule has 2 N–H and O–H groups in total. The highest BCUT2D eigenvalue weighted by atomic mass is 35.5. The molecule has 132 valence electrons. The van der Waals surface area contributed by atoms with Crippen LogP contribution in [0.4, 0.5) is 0 Å². The van der Waals surface area contributed by atoms with Gasteiger partial charge < -0.3 is 5.32 Å². The minimum atomic E-state index is -0.0371. The summed E-state index contributed by atoms with van der Waals surface area (Å²) in [4.78, 5) is 14.5. The second kappa shape index (κ2) is 12.0. The van der Waals surface area contributed by atoms with E-state index in [9.17, 15) is 4.79 Å². The molecule has 0 spiro atoms. The molecule has 1 saturated heterocycles. The van der Waals surface area contributed by atoms with Crippen LogP contribution in [-0.2, 0) is 17.9 Å². The summed E-state index contributed by atoms with van der Waals surface area (Å²) in [6.45, 7) is 7.99. The molecule has 2 rings (SSSR count). The predicted octanol–water partition coefficient (Wildman–Crippen LogP) is 2.65. The van der Waals surface area contributed by atoms with Crippen LogP contribution in [0.15, 0.2) is 24.3 Å². The summed E-state index contributed by atoms with van der Waals surface area (Å²) in [7, 11) is 0. The van der Waals surface area contributed by atoms with Crippen molar-refractivity contribution in [3.63, 3.8) is 0 Å². The molecule has 4 nitrogen and oxygen atoms in total. The molecule has 1 amide bonds. The zero-order chi connectivity index (χ0) is 15.1. The first kappa shape index (κ1) is 22.5. The van der Waals surface area contributed by atoms with E-state index >= 15 is 0 Å². The van der Waals surface area contributed by atoms with Crippen molar-refractivity contribution in [1.29, 1.82) is 0 Å². The summed E-state index contributed by atoms with van der Waals surface area (Å²) in [6.07, 6.45) is 0. The Morgan fingerprint density at radius 2 is 1.91 bits per heavy atom. The van der Waals surface area contributed by atoms with Crippen LogP contribution in [0.25, 0.3) is 0 Å². The maximum Gasteiger partial charge on any atom is 0.238 e. The Hall–Kier alpha value is -0.460. The van der Waals surface area contributed by atoms with Crippen LogP contribution in [0.2, 0.25) is 0 Å². The third-order valence-electron chi connectivity index (χ3n) is 3.89. The quantitative estimate of drug-likeness (QED) is 0.764. The number of hydrogen-bond acceptors (Lipinski definition) is 4. The molecular weight excluding hydrogens is 353 g/mol. The van der Waals surface area contributed by atoms with Gasteiger partial charge in [0.1, 0.15) is 0 Å². The van der Waals surface area contributed by atoms with E-state index < -0.39 is 0 Å². The second-order valence-corrected chi connectivity index (χ2v) is 6.25. The normalized spacial score (nSPS) is 16.6. The van der Waals surface area contributed by atoms with Crippen LogP contribution < -0.4 is 10.6 Å². The highest BCUT2D eigenvalue weighted by molar-refractivity contribution is 7.99. The molecule has 23 heavy (non-hydrogen) atoms. The SMILES string of the molecule is CCN(CC)Cc1ccccc1CNC(=O)C1CSCN1.Cl.Cl. The Balaban J connectivity index is 0.00000242.